The summed E-state index contributed by atoms with van der Waals surface area (Å²) >= 11 is 0. The topological polar surface area (TPSA) is 29.5 Å². The molecule has 0 fully saturated rings. The Morgan fingerprint density at radius 3 is 2.82 bits per heavy atom. The van der Waals surface area contributed by atoms with Crippen LogP contribution >= 0.6 is 0 Å². The summed E-state index contributed by atoms with van der Waals surface area (Å²) in [6, 6.07) is 14.0. The van der Waals surface area contributed by atoms with E-state index in [0.29, 0.717) is 0 Å². The van der Waals surface area contributed by atoms with E-state index in [2.05, 4.69) is 6.07 Å². The third-order valence-electron chi connectivity index (χ3n) is 4.32. The van der Waals surface area contributed by atoms with Crippen molar-refractivity contribution >= 4 is 11.6 Å². The van der Waals surface area contributed by atoms with Crippen LogP contribution in [-0.2, 0) is 11.2 Å². The summed E-state index contributed by atoms with van der Waals surface area (Å²) < 4.78 is 5.76. The summed E-state index contributed by atoms with van der Waals surface area (Å²) in [5, 5.41) is 0. The molecule has 22 heavy (non-hydrogen) atoms. The molecule has 3 nitrogen and oxygen atoms in total. The van der Waals surface area contributed by atoms with Crippen LogP contribution in [0.15, 0.2) is 42.5 Å². The van der Waals surface area contributed by atoms with Crippen molar-refractivity contribution in [1.29, 1.82) is 0 Å². The number of para-hydroxylation sites is 1. The minimum absolute atomic E-state index is 0.0213. The summed E-state index contributed by atoms with van der Waals surface area (Å²) in [6.45, 7) is 4.92. The minimum atomic E-state index is 0.0213. The first-order valence-corrected chi connectivity index (χ1v) is 7.74. The van der Waals surface area contributed by atoms with Gasteiger partial charge in [-0.25, -0.2) is 0 Å². The van der Waals surface area contributed by atoms with E-state index in [9.17, 15) is 4.79 Å². The van der Waals surface area contributed by atoms with E-state index in [4.69, 9.17) is 4.74 Å². The Balaban J connectivity index is 1.72. The molecule has 1 aliphatic rings. The van der Waals surface area contributed by atoms with Crippen molar-refractivity contribution in [2.24, 2.45) is 0 Å². The number of anilines is 1. The summed E-state index contributed by atoms with van der Waals surface area (Å²) in [7, 11) is 0. The zero-order valence-electron chi connectivity index (χ0n) is 13.1. The van der Waals surface area contributed by atoms with Gasteiger partial charge in [0, 0.05) is 12.2 Å². The van der Waals surface area contributed by atoms with Gasteiger partial charge in [-0.2, -0.15) is 0 Å². The number of ether oxygens (including phenoxy) is 1. The molecule has 0 saturated carbocycles. The van der Waals surface area contributed by atoms with E-state index in [1.54, 1.807) is 0 Å². The van der Waals surface area contributed by atoms with Crippen LogP contribution in [-0.4, -0.2) is 19.1 Å². The molecule has 2 aromatic carbocycles. The fourth-order valence-corrected chi connectivity index (χ4v) is 2.89. The maximum atomic E-state index is 12.5. The van der Waals surface area contributed by atoms with Crippen molar-refractivity contribution in [2.75, 3.05) is 18.1 Å². The average Bonchev–Trinajstić information content (AvgIpc) is 2.55. The van der Waals surface area contributed by atoms with Crippen LogP contribution in [0.4, 0.5) is 5.69 Å². The van der Waals surface area contributed by atoms with Gasteiger partial charge in [-0.3, -0.25) is 4.79 Å². The van der Waals surface area contributed by atoms with Crippen molar-refractivity contribution in [3.63, 3.8) is 0 Å². The van der Waals surface area contributed by atoms with Gasteiger partial charge in [-0.1, -0.05) is 30.3 Å². The molecule has 0 N–H and O–H groups in total. The molecule has 0 unspecified atom stereocenters. The van der Waals surface area contributed by atoms with Crippen LogP contribution in [0.2, 0.25) is 0 Å². The first-order valence-electron chi connectivity index (χ1n) is 7.74. The smallest absolute Gasteiger partial charge is 0.264 e. The molecule has 2 aromatic rings. The standard InChI is InChI=1S/C19H21NO2/c1-14-7-5-11-18(15(14)2)22-13-19(21)20-12-6-9-16-8-3-4-10-17(16)20/h3-5,7-8,10-11H,6,9,12-13H2,1-2H3. The number of fused-ring (bicyclic) bond motifs is 1. The third kappa shape index (κ3) is 2.84. The predicted molar refractivity (Wildman–Crippen MR) is 88.5 cm³/mol. The summed E-state index contributed by atoms with van der Waals surface area (Å²) in [6.07, 6.45) is 2.05. The van der Waals surface area contributed by atoms with Crippen LogP contribution in [0.3, 0.4) is 0 Å². The number of nitrogens with zero attached hydrogens (tertiary/aromatic N) is 1. The van der Waals surface area contributed by atoms with E-state index in [0.717, 1.165) is 36.4 Å². The number of aryl methyl sites for hydroxylation is 2. The molecule has 1 heterocycles. The van der Waals surface area contributed by atoms with Crippen molar-refractivity contribution in [2.45, 2.75) is 26.7 Å². The number of benzene rings is 2. The first-order chi connectivity index (χ1) is 10.7. The molecular formula is C19H21NO2. The van der Waals surface area contributed by atoms with Gasteiger partial charge < -0.3 is 9.64 Å². The number of hydrogen-bond donors (Lipinski definition) is 0. The number of hydrogen-bond acceptors (Lipinski definition) is 2. The van der Waals surface area contributed by atoms with Gasteiger partial charge in [0.25, 0.3) is 5.91 Å². The Bertz CT molecular complexity index is 694. The monoisotopic (exact) mass is 295 g/mol. The Morgan fingerprint density at radius 2 is 1.95 bits per heavy atom. The second-order valence-corrected chi connectivity index (χ2v) is 5.76. The Hall–Kier alpha value is -2.29. The van der Waals surface area contributed by atoms with Crippen LogP contribution < -0.4 is 9.64 Å². The van der Waals surface area contributed by atoms with Crippen LogP contribution in [0, 0.1) is 13.8 Å². The zero-order chi connectivity index (χ0) is 15.5. The Kier molecular flexibility index (Phi) is 4.14. The molecule has 0 aromatic heterocycles. The molecule has 0 radical (unpaired) electrons. The minimum Gasteiger partial charge on any atom is -0.483 e. The lowest BCUT2D eigenvalue weighted by Gasteiger charge is -2.29. The van der Waals surface area contributed by atoms with Crippen LogP contribution in [0.1, 0.15) is 23.1 Å². The van der Waals surface area contributed by atoms with Gasteiger partial charge in [0.05, 0.1) is 0 Å². The number of carbonyl (C=O) groups excluding carboxylic acids is 1. The average molecular weight is 295 g/mol. The third-order valence-corrected chi connectivity index (χ3v) is 4.32. The molecule has 1 amide bonds. The molecular weight excluding hydrogens is 274 g/mol. The Labute approximate surface area is 131 Å². The van der Waals surface area contributed by atoms with Crippen LogP contribution in [0.25, 0.3) is 0 Å². The molecule has 0 spiro atoms. The second kappa shape index (κ2) is 6.22. The van der Waals surface area contributed by atoms with Gasteiger partial charge >= 0.3 is 0 Å². The fourth-order valence-electron chi connectivity index (χ4n) is 2.89. The quantitative estimate of drug-likeness (QED) is 0.865. The van der Waals surface area contributed by atoms with Gasteiger partial charge in [-0.05, 0) is 55.5 Å². The lowest BCUT2D eigenvalue weighted by molar-refractivity contribution is -0.120. The molecule has 0 saturated heterocycles. The van der Waals surface area contributed by atoms with E-state index in [1.165, 1.54) is 11.1 Å². The number of carbonyl (C=O) groups is 1. The highest BCUT2D eigenvalue weighted by Crippen LogP contribution is 2.27. The normalized spacial score (nSPS) is 13.6. The molecule has 3 heteroatoms. The van der Waals surface area contributed by atoms with E-state index < -0.39 is 0 Å². The van der Waals surface area contributed by atoms with Crippen LogP contribution in [0.5, 0.6) is 5.75 Å². The molecule has 1 aliphatic heterocycles. The molecule has 0 bridgehead atoms. The fraction of sp³-hybridized carbons (Fsp3) is 0.316. The van der Waals surface area contributed by atoms with E-state index >= 15 is 0 Å². The van der Waals surface area contributed by atoms with Gasteiger partial charge in [-0.15, -0.1) is 0 Å². The van der Waals surface area contributed by atoms with Gasteiger partial charge in [0.2, 0.25) is 0 Å². The van der Waals surface area contributed by atoms with Crippen molar-refractivity contribution in [3.8, 4) is 5.75 Å². The Morgan fingerprint density at radius 1 is 1.14 bits per heavy atom. The molecule has 114 valence electrons. The number of amides is 1. The lowest BCUT2D eigenvalue weighted by atomic mass is 10.0. The molecule has 0 atom stereocenters. The van der Waals surface area contributed by atoms with Gasteiger partial charge in [0.1, 0.15) is 5.75 Å². The van der Waals surface area contributed by atoms with E-state index in [-0.39, 0.29) is 12.5 Å². The second-order valence-electron chi connectivity index (χ2n) is 5.76. The molecule has 3 rings (SSSR count). The van der Waals surface area contributed by atoms with Crippen molar-refractivity contribution < 1.29 is 9.53 Å². The maximum Gasteiger partial charge on any atom is 0.264 e. The van der Waals surface area contributed by atoms with Crippen molar-refractivity contribution in [3.05, 3.63) is 59.2 Å². The predicted octanol–water partition coefficient (Wildman–Crippen LogP) is 3.66. The van der Waals surface area contributed by atoms with Crippen molar-refractivity contribution in [1.82, 2.24) is 0 Å². The first kappa shape index (κ1) is 14.6. The molecule has 0 aliphatic carbocycles. The maximum absolute atomic E-state index is 12.5. The number of rotatable bonds is 3. The highest BCUT2D eigenvalue weighted by atomic mass is 16.5. The summed E-state index contributed by atoms with van der Waals surface area (Å²) in [5.74, 6) is 0.812. The zero-order valence-corrected chi connectivity index (χ0v) is 13.1. The largest absolute Gasteiger partial charge is 0.483 e. The lowest BCUT2D eigenvalue weighted by Crippen LogP contribution is -2.38. The van der Waals surface area contributed by atoms with E-state index in [1.807, 2.05) is 55.1 Å². The SMILES string of the molecule is Cc1cccc(OCC(=O)N2CCCc3ccccc32)c1C. The summed E-state index contributed by atoms with van der Waals surface area (Å²) in [4.78, 5) is 14.4. The highest BCUT2D eigenvalue weighted by Gasteiger charge is 2.22. The highest BCUT2D eigenvalue weighted by molar-refractivity contribution is 5.95. The summed E-state index contributed by atoms with van der Waals surface area (Å²) in [5.41, 5.74) is 4.54. The van der Waals surface area contributed by atoms with Gasteiger partial charge in [0.15, 0.2) is 6.61 Å².